The number of carbonyl (C=O) groups is 6. The summed E-state index contributed by atoms with van der Waals surface area (Å²) < 4.78 is 97.8. The van der Waals surface area contributed by atoms with Crippen LogP contribution >= 0.6 is 22.7 Å². The predicted octanol–water partition coefficient (Wildman–Crippen LogP) is 8.24. The van der Waals surface area contributed by atoms with Gasteiger partial charge in [-0.15, -0.1) is 22.7 Å². The third kappa shape index (κ3) is 9.78. The molecule has 94 heavy (non-hydrogen) atoms. The summed E-state index contributed by atoms with van der Waals surface area (Å²) in [4.78, 5) is 111. The molecule has 16 rings (SSSR count). The van der Waals surface area contributed by atoms with Gasteiger partial charge >= 0.3 is 12.3 Å². The summed E-state index contributed by atoms with van der Waals surface area (Å²) in [6.45, 7) is 4.42. The Morgan fingerprint density at radius 3 is 1.31 bits per heavy atom. The van der Waals surface area contributed by atoms with E-state index in [1.165, 1.54) is 90.0 Å². The lowest BCUT2D eigenvalue weighted by Crippen LogP contribution is -2.66. The number of morpholine rings is 2. The average Bonchev–Trinajstić information content (AvgIpc) is 1.29. The average molecular weight is 1320 g/mol. The van der Waals surface area contributed by atoms with Crippen LogP contribution in [0.4, 0.5) is 27.2 Å². The summed E-state index contributed by atoms with van der Waals surface area (Å²) in [6, 6.07) is 24.4. The lowest BCUT2D eigenvalue weighted by molar-refractivity contribution is -0.140. The van der Waals surface area contributed by atoms with Gasteiger partial charge in [0, 0.05) is 83.5 Å². The van der Waals surface area contributed by atoms with Gasteiger partial charge in [-0.3, -0.25) is 48.1 Å². The number of nitrogens with zero attached hydrogens (tertiary/aromatic N) is 8. The maximum Gasteiger partial charge on any atom is 0.514 e. The standard InChI is InChI=1S/2C33H26F2N4O7S/c2*1-17(40)36-14-18(15-36)45-33(43)46-30-24(41)8-10-38-29(30)32(42)37-11-12-44-16-25(37)39(38)28-19-4-2-3-5-20(19)31-22(9-13-47-31)26-21(28)6-7-23(34)27(26)35/h2*2-10,13,18,25,28H,11-12,14-16H2,1H3/t25-,28-;/m1./s1. The van der Waals surface area contributed by atoms with Gasteiger partial charge in [-0.25, -0.2) is 27.2 Å². The molecule has 8 aliphatic rings. The highest BCUT2D eigenvalue weighted by Gasteiger charge is 2.50. The maximum atomic E-state index is 15.9. The van der Waals surface area contributed by atoms with Crippen molar-refractivity contribution in [3.05, 3.63) is 198 Å². The molecular formula is C66H52F4N8O14S2. The zero-order chi connectivity index (χ0) is 65.1. The summed E-state index contributed by atoms with van der Waals surface area (Å²) in [5, 5.41) is 7.23. The Hall–Kier alpha value is -10.2. The van der Waals surface area contributed by atoms with Crippen LogP contribution < -0.4 is 30.3 Å². The largest absolute Gasteiger partial charge is 0.514 e. The van der Waals surface area contributed by atoms with Crippen molar-refractivity contribution in [1.82, 2.24) is 29.0 Å². The monoisotopic (exact) mass is 1320 g/mol. The number of likely N-dealkylation sites (tertiary alicyclic amines) is 2. The lowest BCUT2D eigenvalue weighted by atomic mass is 9.92. The Morgan fingerprint density at radius 1 is 0.500 bits per heavy atom. The van der Waals surface area contributed by atoms with E-state index in [1.807, 2.05) is 59.3 Å². The molecular weight excluding hydrogens is 1270 g/mol. The van der Waals surface area contributed by atoms with Gasteiger partial charge in [0.05, 0.1) is 64.7 Å². The van der Waals surface area contributed by atoms with E-state index in [4.69, 9.17) is 28.4 Å². The molecule has 4 aromatic heterocycles. The van der Waals surface area contributed by atoms with Crippen molar-refractivity contribution in [3.8, 4) is 54.6 Å². The number of aromatic nitrogens is 2. The van der Waals surface area contributed by atoms with Gasteiger partial charge in [-0.2, -0.15) is 0 Å². The molecule has 2 unspecified atom stereocenters. The number of pyridine rings is 2. The van der Waals surface area contributed by atoms with E-state index in [9.17, 15) is 47.1 Å². The molecule has 22 nitrogen and oxygen atoms in total. The number of fused-ring (bicyclic) bond motifs is 14. The Morgan fingerprint density at radius 2 is 0.904 bits per heavy atom. The fourth-order valence-corrected chi connectivity index (χ4v) is 15.5. The fourth-order valence-electron chi connectivity index (χ4n) is 13.6. The second-order valence-corrected chi connectivity index (χ2v) is 25.1. The third-order valence-corrected chi connectivity index (χ3v) is 19.9. The SMILES string of the molecule is CC(=O)N1CC(OC(=O)Oc2c3n(ccc2=O)N(C2c4ccccc4-c4sccc4-c4c2ccc(F)c4F)C2COCCN2C3=O)C1.CC(=O)N1CC(OC(=O)Oc2c3n(ccc2=O)N([C@@H]2c4ccccc4-c4sccc4-c4c2ccc(F)c4F)[C@@H]2COCCN2C3=O)C1. The normalized spacial score (nSPS) is 19.8. The summed E-state index contributed by atoms with van der Waals surface area (Å²) in [6.07, 6.45) is -2.32. The third-order valence-electron chi connectivity index (χ3n) is 18.0. The molecule has 28 heteroatoms. The Kier molecular flexibility index (Phi) is 15.0. The molecule has 2 aliphatic carbocycles. The number of hydrogen-bond acceptors (Lipinski definition) is 18. The summed E-state index contributed by atoms with van der Waals surface area (Å²) in [5.41, 5.74) is 3.26. The zero-order valence-electron chi connectivity index (χ0n) is 49.7. The molecule has 0 N–H and O–H groups in total. The molecule has 6 aliphatic heterocycles. The summed E-state index contributed by atoms with van der Waals surface area (Å²) >= 11 is 2.81. The number of ether oxygens (including phenoxy) is 6. The van der Waals surface area contributed by atoms with Crippen LogP contribution in [0.5, 0.6) is 11.5 Å². The Balaban J connectivity index is 0.000000155. The number of benzene rings is 4. The molecule has 0 saturated carbocycles. The van der Waals surface area contributed by atoms with Crippen LogP contribution in [0.2, 0.25) is 0 Å². The van der Waals surface area contributed by atoms with Crippen molar-refractivity contribution in [1.29, 1.82) is 0 Å². The molecule has 480 valence electrons. The van der Waals surface area contributed by atoms with E-state index in [2.05, 4.69) is 0 Å². The predicted molar refractivity (Wildman–Crippen MR) is 329 cm³/mol. The molecule has 4 aromatic carbocycles. The molecule has 0 bridgehead atoms. The molecule has 4 amide bonds. The smallest absolute Gasteiger partial charge is 0.427 e. The molecule has 4 fully saturated rings. The van der Waals surface area contributed by atoms with Crippen LogP contribution in [0.25, 0.3) is 43.1 Å². The highest BCUT2D eigenvalue weighted by Crippen LogP contribution is 2.53. The van der Waals surface area contributed by atoms with Crippen molar-refractivity contribution in [2.24, 2.45) is 0 Å². The molecule has 0 radical (unpaired) electrons. The van der Waals surface area contributed by atoms with Crippen LogP contribution in [-0.4, -0.2) is 155 Å². The van der Waals surface area contributed by atoms with E-state index >= 15 is 8.78 Å². The number of thiophene rings is 2. The maximum absolute atomic E-state index is 15.9. The van der Waals surface area contributed by atoms with Gasteiger partial charge in [-0.05, 0) is 68.4 Å². The molecule has 0 spiro atoms. The van der Waals surface area contributed by atoms with Crippen LogP contribution in [0.1, 0.15) is 69.2 Å². The van der Waals surface area contributed by atoms with Crippen molar-refractivity contribution in [2.45, 2.75) is 50.5 Å². The van der Waals surface area contributed by atoms with Gasteiger partial charge in [0.1, 0.15) is 24.5 Å². The highest BCUT2D eigenvalue weighted by atomic mass is 32.1. The quantitative estimate of drug-likeness (QED) is 0.113. The first kappa shape index (κ1) is 60.1. The minimum absolute atomic E-state index is 0.0728. The first-order valence-electron chi connectivity index (χ1n) is 29.9. The zero-order valence-corrected chi connectivity index (χ0v) is 51.3. The first-order valence-corrected chi connectivity index (χ1v) is 31.7. The Labute approximate surface area is 538 Å². The van der Waals surface area contributed by atoms with Crippen molar-refractivity contribution < 1.29 is 74.8 Å². The minimum atomic E-state index is -1.19. The van der Waals surface area contributed by atoms with Crippen LogP contribution in [0.3, 0.4) is 0 Å². The molecule has 10 heterocycles. The van der Waals surface area contributed by atoms with Gasteiger partial charge < -0.3 is 48.0 Å². The van der Waals surface area contributed by atoms with Gasteiger partial charge in [0.2, 0.25) is 34.2 Å². The molecule has 4 saturated heterocycles. The second kappa shape index (κ2) is 23.4. The number of halogens is 4. The van der Waals surface area contributed by atoms with E-state index in [1.54, 1.807) is 22.2 Å². The number of rotatable bonds is 6. The van der Waals surface area contributed by atoms with Crippen molar-refractivity contribution in [3.63, 3.8) is 0 Å². The van der Waals surface area contributed by atoms with Gasteiger partial charge in [0.15, 0.2) is 34.7 Å². The van der Waals surface area contributed by atoms with E-state index in [0.717, 1.165) is 56.3 Å². The van der Waals surface area contributed by atoms with Crippen molar-refractivity contribution >= 4 is 58.6 Å². The summed E-state index contributed by atoms with van der Waals surface area (Å²) in [5.74, 6) is -6.57. The number of amides is 4. The van der Waals surface area contributed by atoms with Crippen LogP contribution in [0.15, 0.2) is 130 Å². The second-order valence-electron chi connectivity index (χ2n) is 23.3. The molecule has 8 aromatic rings. The van der Waals surface area contributed by atoms with Crippen LogP contribution in [-0.2, 0) is 28.5 Å². The van der Waals surface area contributed by atoms with Crippen LogP contribution in [0, 0.1) is 23.3 Å². The minimum Gasteiger partial charge on any atom is -0.427 e. The van der Waals surface area contributed by atoms with E-state index in [-0.39, 0.29) is 100 Å². The lowest BCUT2D eigenvalue weighted by Gasteiger charge is -2.51. The number of carbonyl (C=O) groups excluding carboxylic acids is 6. The Bertz CT molecular complexity index is 4370. The topological polar surface area (TPSA) is 221 Å². The van der Waals surface area contributed by atoms with Gasteiger partial charge in [0.25, 0.3) is 11.8 Å². The fraction of sp³-hybridized carbons (Fsp3) is 0.273. The first-order chi connectivity index (χ1) is 45.4. The number of hydrogen-bond donors (Lipinski definition) is 0. The molecule has 4 atom stereocenters. The van der Waals surface area contributed by atoms with E-state index in [0.29, 0.717) is 22.3 Å². The summed E-state index contributed by atoms with van der Waals surface area (Å²) in [7, 11) is 0. The highest BCUT2D eigenvalue weighted by molar-refractivity contribution is 7.14. The van der Waals surface area contributed by atoms with E-state index < -0.39 is 106 Å². The van der Waals surface area contributed by atoms with Gasteiger partial charge in [-0.1, -0.05) is 60.7 Å². The van der Waals surface area contributed by atoms with Crippen molar-refractivity contribution in [2.75, 3.05) is 75.7 Å².